The molecule has 1 aliphatic heterocycles. The van der Waals surface area contributed by atoms with E-state index in [1.54, 1.807) is 20.3 Å². The van der Waals surface area contributed by atoms with Crippen LogP contribution in [-0.4, -0.2) is 68.5 Å². The summed E-state index contributed by atoms with van der Waals surface area (Å²) in [5.41, 5.74) is 2.35. The van der Waals surface area contributed by atoms with Crippen LogP contribution in [0.3, 0.4) is 0 Å². The van der Waals surface area contributed by atoms with Gasteiger partial charge in [0.05, 0.1) is 38.1 Å². The normalized spacial score (nSPS) is 14.7. The van der Waals surface area contributed by atoms with Crippen LogP contribution in [0.5, 0.6) is 11.5 Å². The van der Waals surface area contributed by atoms with E-state index in [9.17, 15) is 14.0 Å². The van der Waals surface area contributed by atoms with Gasteiger partial charge in [-0.3, -0.25) is 9.59 Å². The molecule has 1 aliphatic rings. The van der Waals surface area contributed by atoms with Gasteiger partial charge in [0.15, 0.2) is 0 Å². The zero-order valence-electron chi connectivity index (χ0n) is 21.6. The highest BCUT2D eigenvalue weighted by Gasteiger charge is 2.34. The first-order valence-corrected chi connectivity index (χ1v) is 12.2. The van der Waals surface area contributed by atoms with Gasteiger partial charge in [-0.2, -0.15) is 5.10 Å². The number of rotatable bonds is 10. The number of hydrogen-bond donors (Lipinski definition) is 0. The Bertz CT molecular complexity index is 1290. The molecule has 4 rings (SSSR count). The molecule has 3 aromatic carbocycles. The minimum atomic E-state index is -0.649. The van der Waals surface area contributed by atoms with Crippen LogP contribution in [0.1, 0.15) is 33.9 Å². The minimum absolute atomic E-state index is 0.105. The van der Waals surface area contributed by atoms with Gasteiger partial charge in [-0.05, 0) is 59.7 Å². The SMILES string of the molecule is COCCN(CC(=O)N1N=C(c2ccc(OC)cc2)C[C@H]1c1ccc(OC)cc1)C(=O)c1ccccc1F. The molecular formula is C29H30FN3O5. The van der Waals surface area contributed by atoms with Gasteiger partial charge in [0.25, 0.3) is 11.8 Å². The van der Waals surface area contributed by atoms with Crippen LogP contribution in [0.15, 0.2) is 77.9 Å². The fraction of sp³-hybridized carbons (Fsp3) is 0.276. The number of hydrogen-bond acceptors (Lipinski definition) is 6. The molecule has 0 fully saturated rings. The third-order valence-corrected chi connectivity index (χ3v) is 6.37. The highest BCUT2D eigenvalue weighted by atomic mass is 19.1. The largest absolute Gasteiger partial charge is 0.497 e. The second-order valence-electron chi connectivity index (χ2n) is 8.71. The maximum absolute atomic E-state index is 14.4. The lowest BCUT2D eigenvalue weighted by atomic mass is 9.98. The topological polar surface area (TPSA) is 80.7 Å². The third kappa shape index (κ3) is 6.00. The van der Waals surface area contributed by atoms with Crippen molar-refractivity contribution < 1.29 is 28.2 Å². The number of amides is 2. The molecular weight excluding hydrogens is 489 g/mol. The summed E-state index contributed by atoms with van der Waals surface area (Å²) in [4.78, 5) is 28.1. The van der Waals surface area contributed by atoms with Crippen molar-refractivity contribution in [3.8, 4) is 11.5 Å². The Morgan fingerprint density at radius 1 is 0.947 bits per heavy atom. The van der Waals surface area contributed by atoms with Crippen molar-refractivity contribution in [2.45, 2.75) is 12.5 Å². The van der Waals surface area contributed by atoms with E-state index in [0.717, 1.165) is 16.8 Å². The van der Waals surface area contributed by atoms with Crippen molar-refractivity contribution >= 4 is 17.5 Å². The van der Waals surface area contributed by atoms with E-state index in [1.807, 2.05) is 48.5 Å². The highest BCUT2D eigenvalue weighted by molar-refractivity contribution is 6.04. The quantitative estimate of drug-likeness (QED) is 0.399. The number of nitrogens with zero attached hydrogens (tertiary/aromatic N) is 3. The Kier molecular flexibility index (Phi) is 8.70. The van der Waals surface area contributed by atoms with Crippen molar-refractivity contribution in [2.24, 2.45) is 5.10 Å². The lowest BCUT2D eigenvalue weighted by Gasteiger charge is -2.27. The van der Waals surface area contributed by atoms with Crippen molar-refractivity contribution in [1.82, 2.24) is 9.91 Å². The Morgan fingerprint density at radius 2 is 1.58 bits per heavy atom. The first-order chi connectivity index (χ1) is 18.4. The molecule has 0 bridgehead atoms. The predicted molar refractivity (Wildman–Crippen MR) is 141 cm³/mol. The fourth-order valence-corrected chi connectivity index (χ4v) is 4.28. The Hall–Kier alpha value is -4.24. The molecule has 9 heteroatoms. The molecule has 1 atom stereocenters. The zero-order chi connectivity index (χ0) is 27.1. The summed E-state index contributed by atoms with van der Waals surface area (Å²) in [5.74, 6) is -0.220. The second kappa shape index (κ2) is 12.3. The van der Waals surface area contributed by atoms with Crippen molar-refractivity contribution in [2.75, 3.05) is 41.0 Å². The molecule has 3 aromatic rings. The Morgan fingerprint density at radius 3 is 2.18 bits per heavy atom. The van der Waals surface area contributed by atoms with Crippen LogP contribution in [-0.2, 0) is 9.53 Å². The predicted octanol–water partition coefficient (Wildman–Crippen LogP) is 4.31. The first-order valence-electron chi connectivity index (χ1n) is 12.2. The van der Waals surface area contributed by atoms with Gasteiger partial charge in [-0.25, -0.2) is 9.40 Å². The lowest BCUT2D eigenvalue weighted by Crippen LogP contribution is -2.43. The molecule has 8 nitrogen and oxygen atoms in total. The van der Waals surface area contributed by atoms with Gasteiger partial charge in [-0.1, -0.05) is 24.3 Å². The molecule has 1 heterocycles. The summed E-state index contributed by atoms with van der Waals surface area (Å²) >= 11 is 0. The van der Waals surface area contributed by atoms with Crippen LogP contribution >= 0.6 is 0 Å². The average Bonchev–Trinajstić information content (AvgIpc) is 3.41. The van der Waals surface area contributed by atoms with Gasteiger partial charge in [0.2, 0.25) is 0 Å². The van der Waals surface area contributed by atoms with Crippen LogP contribution in [0.2, 0.25) is 0 Å². The molecule has 198 valence electrons. The van der Waals surface area contributed by atoms with E-state index < -0.39 is 23.7 Å². The maximum Gasteiger partial charge on any atom is 0.262 e. The third-order valence-electron chi connectivity index (χ3n) is 6.37. The van der Waals surface area contributed by atoms with Crippen LogP contribution in [0, 0.1) is 5.82 Å². The summed E-state index contributed by atoms with van der Waals surface area (Å²) in [6.07, 6.45) is 0.476. The van der Waals surface area contributed by atoms with Gasteiger partial charge >= 0.3 is 0 Å². The summed E-state index contributed by atoms with van der Waals surface area (Å²) in [6.45, 7) is 0.0177. The molecule has 0 saturated heterocycles. The van der Waals surface area contributed by atoms with E-state index in [4.69, 9.17) is 14.2 Å². The fourth-order valence-electron chi connectivity index (χ4n) is 4.28. The standard InChI is InChI=1S/C29H30FN3O5/c1-36-17-16-32(29(35)24-6-4-5-7-25(24)30)19-28(34)33-27(21-10-14-23(38-3)15-11-21)18-26(31-33)20-8-12-22(37-2)13-9-20/h4-15,27H,16-19H2,1-3H3/t27-/m0/s1. The average molecular weight is 520 g/mol. The smallest absolute Gasteiger partial charge is 0.262 e. The Labute approximate surface area is 221 Å². The second-order valence-corrected chi connectivity index (χ2v) is 8.71. The van der Waals surface area contributed by atoms with Crippen molar-refractivity contribution in [3.63, 3.8) is 0 Å². The van der Waals surface area contributed by atoms with Gasteiger partial charge in [0.1, 0.15) is 23.9 Å². The van der Waals surface area contributed by atoms with E-state index in [2.05, 4.69) is 5.10 Å². The summed E-state index contributed by atoms with van der Waals surface area (Å²) < 4.78 is 30.1. The highest BCUT2D eigenvalue weighted by Crippen LogP contribution is 2.34. The maximum atomic E-state index is 14.4. The molecule has 0 saturated carbocycles. The van der Waals surface area contributed by atoms with E-state index in [1.165, 1.54) is 35.2 Å². The molecule has 0 spiro atoms. The molecule has 0 aliphatic carbocycles. The van der Waals surface area contributed by atoms with Crippen molar-refractivity contribution in [1.29, 1.82) is 0 Å². The van der Waals surface area contributed by atoms with Crippen LogP contribution < -0.4 is 9.47 Å². The lowest BCUT2D eigenvalue weighted by molar-refractivity contribution is -0.133. The number of carbonyl (C=O) groups is 2. The Balaban J connectivity index is 1.64. The van der Waals surface area contributed by atoms with Crippen LogP contribution in [0.4, 0.5) is 4.39 Å². The number of carbonyl (C=O) groups excluding carboxylic acids is 2. The number of ether oxygens (including phenoxy) is 3. The minimum Gasteiger partial charge on any atom is -0.497 e. The molecule has 2 amide bonds. The van der Waals surface area contributed by atoms with Crippen molar-refractivity contribution in [3.05, 3.63) is 95.3 Å². The monoisotopic (exact) mass is 519 g/mol. The van der Waals surface area contributed by atoms with E-state index in [0.29, 0.717) is 17.9 Å². The zero-order valence-corrected chi connectivity index (χ0v) is 21.6. The molecule has 0 aromatic heterocycles. The molecule has 0 unspecified atom stereocenters. The van der Waals surface area contributed by atoms with E-state index in [-0.39, 0.29) is 25.3 Å². The van der Waals surface area contributed by atoms with Gasteiger partial charge in [0, 0.05) is 20.1 Å². The number of benzene rings is 3. The number of halogens is 1. The van der Waals surface area contributed by atoms with Crippen LogP contribution in [0.25, 0.3) is 0 Å². The summed E-state index contributed by atoms with van der Waals surface area (Å²) in [6, 6.07) is 20.2. The molecule has 0 N–H and O–H groups in total. The van der Waals surface area contributed by atoms with E-state index >= 15 is 0 Å². The molecule has 38 heavy (non-hydrogen) atoms. The number of methoxy groups -OCH3 is 3. The van der Waals surface area contributed by atoms with Gasteiger partial charge < -0.3 is 19.1 Å². The summed E-state index contributed by atoms with van der Waals surface area (Å²) in [5, 5.41) is 6.09. The van der Waals surface area contributed by atoms with Gasteiger partial charge in [-0.15, -0.1) is 0 Å². The number of hydrazone groups is 1. The summed E-state index contributed by atoms with van der Waals surface area (Å²) in [7, 11) is 4.69. The molecule has 0 radical (unpaired) electrons. The first kappa shape index (κ1) is 26.8.